The van der Waals surface area contributed by atoms with Gasteiger partial charge in [0.15, 0.2) is 0 Å². The summed E-state index contributed by atoms with van der Waals surface area (Å²) >= 11 is 0. The molecule has 0 amide bonds. The molecule has 0 radical (unpaired) electrons. The first-order valence-electron chi connectivity index (χ1n) is 6.54. The first kappa shape index (κ1) is 14.3. The SMILES string of the molecule is CO/C(C)=C/CCC1(C)CCCC(C)=C1CO. The molecule has 1 N–H and O–H groups in total. The molecule has 2 heteroatoms. The van der Waals surface area contributed by atoms with Gasteiger partial charge in [0.05, 0.1) is 19.5 Å². The lowest BCUT2D eigenvalue weighted by molar-refractivity contribution is 0.235. The smallest absolute Gasteiger partial charge is 0.0884 e. The van der Waals surface area contributed by atoms with Crippen molar-refractivity contribution in [3.63, 3.8) is 0 Å². The van der Waals surface area contributed by atoms with Crippen molar-refractivity contribution in [2.45, 2.75) is 52.9 Å². The predicted octanol–water partition coefficient (Wildman–Crippen LogP) is 3.82. The van der Waals surface area contributed by atoms with E-state index in [4.69, 9.17) is 4.74 Å². The van der Waals surface area contributed by atoms with Crippen LogP contribution in [0.25, 0.3) is 0 Å². The average Bonchev–Trinajstić information content (AvgIpc) is 2.29. The summed E-state index contributed by atoms with van der Waals surface area (Å²) in [5.74, 6) is 0.982. The molecule has 0 aliphatic heterocycles. The third-order valence-corrected chi connectivity index (χ3v) is 4.13. The Bertz CT molecular complexity index is 315. The Hall–Kier alpha value is -0.760. The third-order valence-electron chi connectivity index (χ3n) is 4.13. The largest absolute Gasteiger partial charge is 0.502 e. The lowest BCUT2D eigenvalue weighted by Gasteiger charge is -2.37. The maximum Gasteiger partial charge on any atom is 0.0884 e. The van der Waals surface area contributed by atoms with Crippen molar-refractivity contribution in [2.24, 2.45) is 5.41 Å². The topological polar surface area (TPSA) is 29.5 Å². The Morgan fingerprint density at radius 1 is 1.53 bits per heavy atom. The van der Waals surface area contributed by atoms with Crippen molar-refractivity contribution in [3.8, 4) is 0 Å². The first-order valence-corrected chi connectivity index (χ1v) is 6.54. The molecule has 0 bridgehead atoms. The van der Waals surface area contributed by atoms with Crippen LogP contribution in [0.3, 0.4) is 0 Å². The van der Waals surface area contributed by atoms with E-state index in [1.807, 2.05) is 6.92 Å². The minimum Gasteiger partial charge on any atom is -0.502 e. The van der Waals surface area contributed by atoms with E-state index < -0.39 is 0 Å². The van der Waals surface area contributed by atoms with Gasteiger partial charge in [-0.05, 0) is 63.0 Å². The highest BCUT2D eigenvalue weighted by molar-refractivity contribution is 5.23. The van der Waals surface area contributed by atoms with Crippen LogP contribution in [0.4, 0.5) is 0 Å². The molecule has 0 aromatic carbocycles. The molecule has 98 valence electrons. The van der Waals surface area contributed by atoms with Crippen LogP contribution < -0.4 is 0 Å². The van der Waals surface area contributed by atoms with E-state index in [1.165, 1.54) is 24.0 Å². The molecule has 1 aliphatic carbocycles. The number of rotatable bonds is 5. The second-order valence-corrected chi connectivity index (χ2v) is 5.39. The van der Waals surface area contributed by atoms with Crippen LogP contribution in [-0.2, 0) is 4.74 Å². The van der Waals surface area contributed by atoms with Crippen LogP contribution in [0.1, 0.15) is 52.9 Å². The van der Waals surface area contributed by atoms with Crippen LogP contribution in [0, 0.1) is 5.41 Å². The molecule has 0 saturated carbocycles. The molecule has 1 unspecified atom stereocenters. The first-order chi connectivity index (χ1) is 8.03. The van der Waals surface area contributed by atoms with Gasteiger partial charge in [-0.15, -0.1) is 0 Å². The summed E-state index contributed by atoms with van der Waals surface area (Å²) in [6.45, 7) is 6.66. The quantitative estimate of drug-likeness (QED) is 0.583. The summed E-state index contributed by atoms with van der Waals surface area (Å²) in [5, 5.41) is 9.55. The summed E-state index contributed by atoms with van der Waals surface area (Å²) in [7, 11) is 1.71. The molecule has 0 aromatic rings. The van der Waals surface area contributed by atoms with Gasteiger partial charge in [0.1, 0.15) is 0 Å². The number of ether oxygens (including phenoxy) is 1. The molecule has 0 spiro atoms. The van der Waals surface area contributed by atoms with E-state index in [2.05, 4.69) is 19.9 Å². The van der Waals surface area contributed by atoms with E-state index in [1.54, 1.807) is 7.11 Å². The van der Waals surface area contributed by atoms with Crippen molar-refractivity contribution < 1.29 is 9.84 Å². The van der Waals surface area contributed by atoms with Crippen LogP contribution in [-0.4, -0.2) is 18.8 Å². The van der Waals surface area contributed by atoms with Gasteiger partial charge in [-0.25, -0.2) is 0 Å². The van der Waals surface area contributed by atoms with E-state index in [9.17, 15) is 5.11 Å². The summed E-state index contributed by atoms with van der Waals surface area (Å²) in [6.07, 6.45) is 7.86. The zero-order valence-corrected chi connectivity index (χ0v) is 11.7. The third kappa shape index (κ3) is 3.60. The van der Waals surface area contributed by atoms with Crippen molar-refractivity contribution in [3.05, 3.63) is 23.0 Å². The zero-order valence-electron chi connectivity index (χ0n) is 11.7. The Labute approximate surface area is 105 Å². The van der Waals surface area contributed by atoms with Crippen LogP contribution in [0.2, 0.25) is 0 Å². The highest BCUT2D eigenvalue weighted by Crippen LogP contribution is 2.43. The van der Waals surface area contributed by atoms with Gasteiger partial charge in [0, 0.05) is 0 Å². The van der Waals surface area contributed by atoms with Gasteiger partial charge in [0.2, 0.25) is 0 Å². The molecule has 1 atom stereocenters. The fourth-order valence-electron chi connectivity index (χ4n) is 2.84. The van der Waals surface area contributed by atoms with Gasteiger partial charge in [0.25, 0.3) is 0 Å². The monoisotopic (exact) mass is 238 g/mol. The second-order valence-electron chi connectivity index (χ2n) is 5.39. The van der Waals surface area contributed by atoms with Crippen molar-refractivity contribution in [1.29, 1.82) is 0 Å². The molecule has 0 saturated heterocycles. The van der Waals surface area contributed by atoms with Crippen molar-refractivity contribution in [1.82, 2.24) is 0 Å². The number of aliphatic hydroxyl groups is 1. The molecule has 0 fully saturated rings. The fourth-order valence-corrected chi connectivity index (χ4v) is 2.84. The van der Waals surface area contributed by atoms with Crippen LogP contribution in [0.15, 0.2) is 23.0 Å². The molecular weight excluding hydrogens is 212 g/mol. The van der Waals surface area contributed by atoms with Gasteiger partial charge in [-0.2, -0.15) is 0 Å². The lowest BCUT2D eigenvalue weighted by atomic mass is 9.69. The van der Waals surface area contributed by atoms with E-state index in [0.717, 1.165) is 25.0 Å². The van der Waals surface area contributed by atoms with E-state index in [-0.39, 0.29) is 12.0 Å². The fraction of sp³-hybridized carbons (Fsp3) is 0.733. The zero-order chi connectivity index (χ0) is 12.9. The standard InChI is InChI=1S/C15H26O2/c1-12-7-5-9-15(3,14(12)11-16)10-6-8-13(2)17-4/h8,16H,5-7,9-11H2,1-4H3/b13-8+. The molecule has 0 heterocycles. The summed E-state index contributed by atoms with van der Waals surface area (Å²) in [5.41, 5.74) is 2.85. The molecule has 1 rings (SSSR count). The molecule has 1 aliphatic rings. The molecule has 17 heavy (non-hydrogen) atoms. The number of methoxy groups -OCH3 is 1. The maximum absolute atomic E-state index is 9.55. The van der Waals surface area contributed by atoms with Gasteiger partial charge in [-0.3, -0.25) is 0 Å². The van der Waals surface area contributed by atoms with Gasteiger partial charge in [-0.1, -0.05) is 12.5 Å². The number of hydrogen-bond acceptors (Lipinski definition) is 2. The Kier molecular flexibility index (Phi) is 5.26. The number of allylic oxidation sites excluding steroid dienone is 3. The molecule has 2 nitrogen and oxygen atoms in total. The van der Waals surface area contributed by atoms with Crippen LogP contribution in [0.5, 0.6) is 0 Å². The van der Waals surface area contributed by atoms with Gasteiger partial charge < -0.3 is 9.84 Å². The minimum absolute atomic E-state index is 0.182. The average molecular weight is 238 g/mol. The van der Waals surface area contributed by atoms with Crippen molar-refractivity contribution in [2.75, 3.05) is 13.7 Å². The summed E-state index contributed by atoms with van der Waals surface area (Å²) in [4.78, 5) is 0. The minimum atomic E-state index is 0.182. The molecular formula is C15H26O2. The summed E-state index contributed by atoms with van der Waals surface area (Å²) in [6, 6.07) is 0. The van der Waals surface area contributed by atoms with E-state index in [0.29, 0.717) is 0 Å². The normalized spacial score (nSPS) is 26.3. The predicted molar refractivity (Wildman–Crippen MR) is 71.7 cm³/mol. The number of aliphatic hydroxyl groups excluding tert-OH is 1. The highest BCUT2D eigenvalue weighted by atomic mass is 16.5. The van der Waals surface area contributed by atoms with Gasteiger partial charge >= 0.3 is 0 Å². The second kappa shape index (κ2) is 6.25. The summed E-state index contributed by atoms with van der Waals surface area (Å²) < 4.78 is 5.15. The maximum atomic E-state index is 9.55. The lowest BCUT2D eigenvalue weighted by Crippen LogP contribution is -2.26. The Morgan fingerprint density at radius 3 is 2.82 bits per heavy atom. The highest BCUT2D eigenvalue weighted by Gasteiger charge is 2.31. The van der Waals surface area contributed by atoms with Crippen LogP contribution >= 0.6 is 0 Å². The van der Waals surface area contributed by atoms with E-state index >= 15 is 0 Å². The molecule has 0 aromatic heterocycles. The number of hydrogen-bond donors (Lipinski definition) is 1. The Morgan fingerprint density at radius 2 is 2.24 bits per heavy atom. The van der Waals surface area contributed by atoms with Crippen molar-refractivity contribution >= 4 is 0 Å². The Balaban J connectivity index is 2.70.